The predicted octanol–water partition coefficient (Wildman–Crippen LogP) is 3.25. The van der Waals surface area contributed by atoms with E-state index in [0.29, 0.717) is 24.8 Å². The summed E-state index contributed by atoms with van der Waals surface area (Å²) in [5.41, 5.74) is 2.36. The number of piperazine rings is 1. The van der Waals surface area contributed by atoms with Gasteiger partial charge in [0.1, 0.15) is 5.15 Å². The van der Waals surface area contributed by atoms with Crippen molar-refractivity contribution in [1.29, 1.82) is 0 Å². The van der Waals surface area contributed by atoms with E-state index in [1.807, 2.05) is 37.3 Å². The molecule has 9 nitrogen and oxygen atoms in total. The van der Waals surface area contributed by atoms with E-state index in [4.69, 9.17) is 11.6 Å². The van der Waals surface area contributed by atoms with Crippen LogP contribution in [0.25, 0.3) is 5.69 Å². The van der Waals surface area contributed by atoms with Gasteiger partial charge in [-0.25, -0.2) is 13.1 Å². The van der Waals surface area contributed by atoms with Gasteiger partial charge in [0, 0.05) is 50.4 Å². The molecule has 11 heteroatoms. The molecule has 1 aromatic heterocycles. The maximum Gasteiger partial charge on any atom is 0.270 e. The van der Waals surface area contributed by atoms with Crippen molar-refractivity contribution in [3.63, 3.8) is 0 Å². The minimum Gasteiger partial charge on any atom is -0.296 e. The Labute approximate surface area is 191 Å². The summed E-state index contributed by atoms with van der Waals surface area (Å²) < 4.78 is 29.0. The minimum atomic E-state index is -3.80. The fourth-order valence-electron chi connectivity index (χ4n) is 3.71. The lowest BCUT2D eigenvalue weighted by atomic mass is 10.2. The zero-order valence-corrected chi connectivity index (χ0v) is 19.0. The van der Waals surface area contributed by atoms with E-state index in [2.05, 4.69) is 10.00 Å². The van der Waals surface area contributed by atoms with E-state index in [0.717, 1.165) is 23.0 Å². The molecule has 4 rings (SSSR count). The summed E-state index contributed by atoms with van der Waals surface area (Å²) in [6.07, 6.45) is 0. The average molecular weight is 476 g/mol. The number of halogens is 1. The Hall–Kier alpha value is -2.79. The third-order valence-electron chi connectivity index (χ3n) is 5.50. The Bertz CT molecular complexity index is 1240. The second-order valence-corrected chi connectivity index (χ2v) is 9.83. The molecule has 168 valence electrons. The van der Waals surface area contributed by atoms with Crippen LogP contribution >= 0.6 is 11.6 Å². The molecule has 1 aliphatic heterocycles. The van der Waals surface area contributed by atoms with Crippen LogP contribution < -0.4 is 0 Å². The van der Waals surface area contributed by atoms with Crippen LogP contribution in [0.3, 0.4) is 0 Å². The summed E-state index contributed by atoms with van der Waals surface area (Å²) in [5, 5.41) is 16.1. The van der Waals surface area contributed by atoms with Gasteiger partial charge in [-0.3, -0.25) is 15.0 Å². The first-order valence-corrected chi connectivity index (χ1v) is 11.9. The summed E-state index contributed by atoms with van der Waals surface area (Å²) in [6, 6.07) is 14.8. The summed E-state index contributed by atoms with van der Waals surface area (Å²) in [4.78, 5) is 12.5. The molecule has 1 aliphatic rings. The summed E-state index contributed by atoms with van der Waals surface area (Å²) in [7, 11) is -3.80. The number of para-hydroxylation sites is 1. The first-order valence-electron chi connectivity index (χ1n) is 10.0. The molecule has 1 fully saturated rings. The van der Waals surface area contributed by atoms with Crippen LogP contribution in [0.4, 0.5) is 5.69 Å². The van der Waals surface area contributed by atoms with Gasteiger partial charge in [0.05, 0.1) is 21.2 Å². The Balaban J connectivity index is 1.45. The molecule has 32 heavy (non-hydrogen) atoms. The maximum atomic E-state index is 12.9. The Morgan fingerprint density at radius 2 is 1.75 bits per heavy atom. The molecule has 1 saturated heterocycles. The molecule has 2 heterocycles. The van der Waals surface area contributed by atoms with Gasteiger partial charge < -0.3 is 0 Å². The first kappa shape index (κ1) is 22.4. The van der Waals surface area contributed by atoms with E-state index >= 15 is 0 Å². The fourth-order valence-corrected chi connectivity index (χ4v) is 5.50. The molecule has 2 aromatic carbocycles. The number of hydrogen-bond acceptors (Lipinski definition) is 6. The molecule has 0 amide bonds. The van der Waals surface area contributed by atoms with E-state index in [-0.39, 0.29) is 23.7 Å². The molecular weight excluding hydrogens is 454 g/mol. The molecule has 3 aromatic rings. The number of aromatic nitrogens is 2. The summed E-state index contributed by atoms with van der Waals surface area (Å²) in [5.74, 6) is 0. The van der Waals surface area contributed by atoms with Crippen LogP contribution in [0.1, 0.15) is 11.3 Å². The van der Waals surface area contributed by atoms with Crippen molar-refractivity contribution < 1.29 is 13.3 Å². The van der Waals surface area contributed by atoms with Gasteiger partial charge in [-0.1, -0.05) is 35.9 Å². The minimum absolute atomic E-state index is 0.0665. The second kappa shape index (κ2) is 8.99. The highest BCUT2D eigenvalue weighted by molar-refractivity contribution is 7.89. The van der Waals surface area contributed by atoms with Crippen LogP contribution in [-0.2, 0) is 16.6 Å². The Morgan fingerprint density at radius 1 is 1.06 bits per heavy atom. The molecule has 0 radical (unpaired) electrons. The van der Waals surface area contributed by atoms with Crippen molar-refractivity contribution in [3.8, 4) is 5.69 Å². The zero-order valence-electron chi connectivity index (χ0n) is 17.4. The molecule has 0 aliphatic carbocycles. The molecule has 0 atom stereocenters. The van der Waals surface area contributed by atoms with E-state index in [9.17, 15) is 18.5 Å². The van der Waals surface area contributed by atoms with Crippen LogP contribution in [0, 0.1) is 17.0 Å². The monoisotopic (exact) mass is 475 g/mol. The van der Waals surface area contributed by atoms with E-state index in [1.165, 1.54) is 22.5 Å². The van der Waals surface area contributed by atoms with E-state index in [1.54, 1.807) is 4.68 Å². The van der Waals surface area contributed by atoms with Gasteiger partial charge in [0.2, 0.25) is 10.0 Å². The van der Waals surface area contributed by atoms with Crippen molar-refractivity contribution in [2.24, 2.45) is 0 Å². The largest absolute Gasteiger partial charge is 0.296 e. The van der Waals surface area contributed by atoms with Crippen LogP contribution in [0.5, 0.6) is 0 Å². The van der Waals surface area contributed by atoms with Crippen molar-refractivity contribution in [2.45, 2.75) is 18.4 Å². The number of nitro groups is 1. The Kier molecular flexibility index (Phi) is 6.29. The van der Waals surface area contributed by atoms with Crippen LogP contribution in [0.2, 0.25) is 5.15 Å². The van der Waals surface area contributed by atoms with Gasteiger partial charge in [0.15, 0.2) is 0 Å². The van der Waals surface area contributed by atoms with Gasteiger partial charge in [-0.15, -0.1) is 0 Å². The van der Waals surface area contributed by atoms with Gasteiger partial charge >= 0.3 is 0 Å². The predicted molar refractivity (Wildman–Crippen MR) is 120 cm³/mol. The Morgan fingerprint density at radius 3 is 2.41 bits per heavy atom. The average Bonchev–Trinajstić information content (AvgIpc) is 3.08. The molecule has 0 spiro atoms. The maximum absolute atomic E-state index is 12.9. The number of nitrogens with zero attached hydrogens (tertiary/aromatic N) is 5. The number of benzene rings is 2. The highest BCUT2D eigenvalue weighted by Gasteiger charge is 2.30. The first-order chi connectivity index (χ1) is 15.3. The van der Waals surface area contributed by atoms with Crippen molar-refractivity contribution in [1.82, 2.24) is 19.0 Å². The van der Waals surface area contributed by atoms with Gasteiger partial charge in [0.25, 0.3) is 5.69 Å². The topological polar surface area (TPSA) is 102 Å². The third-order valence-corrected chi connectivity index (χ3v) is 7.78. The number of nitro benzene ring substituents is 1. The number of non-ortho nitro benzene ring substituents is 1. The molecule has 0 N–H and O–H groups in total. The van der Waals surface area contributed by atoms with Crippen molar-refractivity contribution in [3.05, 3.63) is 81.1 Å². The lowest BCUT2D eigenvalue weighted by Gasteiger charge is -2.33. The van der Waals surface area contributed by atoms with Crippen molar-refractivity contribution in [2.75, 3.05) is 26.2 Å². The quantitative estimate of drug-likeness (QED) is 0.400. The zero-order chi connectivity index (χ0) is 22.9. The molecule has 0 saturated carbocycles. The third kappa shape index (κ3) is 4.40. The number of sulfonamides is 1. The lowest BCUT2D eigenvalue weighted by molar-refractivity contribution is -0.385. The molecule has 0 unspecified atom stereocenters. The SMILES string of the molecule is Cc1nn(-c2ccccc2)c(Cl)c1CN1CCN(S(=O)(=O)c2cccc([N+](=O)[O-])c2)CC1. The number of aryl methyl sites for hydroxylation is 1. The second-order valence-electron chi connectivity index (χ2n) is 7.54. The van der Waals surface area contributed by atoms with E-state index < -0.39 is 14.9 Å². The van der Waals surface area contributed by atoms with Crippen LogP contribution in [-0.4, -0.2) is 58.5 Å². The smallest absolute Gasteiger partial charge is 0.270 e. The highest BCUT2D eigenvalue weighted by Crippen LogP contribution is 2.26. The summed E-state index contributed by atoms with van der Waals surface area (Å²) >= 11 is 6.62. The van der Waals surface area contributed by atoms with Gasteiger partial charge in [-0.05, 0) is 25.1 Å². The highest BCUT2D eigenvalue weighted by atomic mass is 35.5. The van der Waals surface area contributed by atoms with Crippen molar-refractivity contribution >= 4 is 27.3 Å². The lowest BCUT2D eigenvalue weighted by Crippen LogP contribution is -2.48. The standard InChI is InChI=1S/C21H22ClN5O4S/c1-16-20(21(22)26(23-16)17-6-3-2-4-7-17)15-24-10-12-25(13-11-24)32(30,31)19-9-5-8-18(14-19)27(28)29/h2-9,14H,10-13,15H2,1H3. The molecular formula is C21H22ClN5O4S. The number of rotatable bonds is 6. The molecule has 0 bridgehead atoms. The summed E-state index contributed by atoms with van der Waals surface area (Å²) in [6.45, 7) is 4.07. The van der Waals surface area contributed by atoms with Crippen LogP contribution in [0.15, 0.2) is 59.5 Å². The fraction of sp³-hybridized carbons (Fsp3) is 0.286. The number of hydrogen-bond donors (Lipinski definition) is 0. The normalized spacial score (nSPS) is 15.7. The van der Waals surface area contributed by atoms with Gasteiger partial charge in [-0.2, -0.15) is 9.40 Å².